The molecular formula is C12H14O6. The molecule has 98 valence electrons. The highest BCUT2D eigenvalue weighted by molar-refractivity contribution is 5.90. The topological polar surface area (TPSA) is 104 Å². The summed E-state index contributed by atoms with van der Waals surface area (Å²) in [6.07, 6.45) is -3.47. The van der Waals surface area contributed by atoms with Gasteiger partial charge in [0.2, 0.25) is 0 Å². The van der Waals surface area contributed by atoms with E-state index in [1.807, 2.05) is 0 Å². The van der Waals surface area contributed by atoms with Crippen LogP contribution in [0.5, 0.6) is 0 Å². The Morgan fingerprint density at radius 1 is 1.28 bits per heavy atom. The zero-order valence-corrected chi connectivity index (χ0v) is 9.95. The molecule has 0 aliphatic carbocycles. The highest BCUT2D eigenvalue weighted by Crippen LogP contribution is 2.23. The van der Waals surface area contributed by atoms with Gasteiger partial charge in [0.15, 0.2) is 6.10 Å². The van der Waals surface area contributed by atoms with Crippen LogP contribution in [0.25, 0.3) is 0 Å². The number of aryl methyl sites for hydroxylation is 1. The standard InChI is InChI=1S/C12H14O6/c1-6-3-4-7(8(5-6)11(15)16)9(13)10(14)12(17)18-2/h3-5,9-10,13-14H,1-2H3,(H,15,16). The molecule has 2 unspecified atom stereocenters. The fourth-order valence-electron chi connectivity index (χ4n) is 1.53. The van der Waals surface area contributed by atoms with E-state index in [1.165, 1.54) is 12.1 Å². The van der Waals surface area contributed by atoms with Gasteiger partial charge in [-0.15, -0.1) is 0 Å². The van der Waals surface area contributed by atoms with Crippen molar-refractivity contribution in [1.82, 2.24) is 0 Å². The smallest absolute Gasteiger partial charge is 0.337 e. The van der Waals surface area contributed by atoms with E-state index in [2.05, 4.69) is 4.74 Å². The Labute approximate surface area is 103 Å². The van der Waals surface area contributed by atoms with E-state index >= 15 is 0 Å². The second kappa shape index (κ2) is 5.61. The van der Waals surface area contributed by atoms with Gasteiger partial charge in [0.05, 0.1) is 12.7 Å². The van der Waals surface area contributed by atoms with E-state index in [0.29, 0.717) is 5.56 Å². The number of carbonyl (C=O) groups is 2. The van der Waals surface area contributed by atoms with Gasteiger partial charge in [0.25, 0.3) is 0 Å². The number of carboxylic acids is 1. The molecule has 0 heterocycles. The summed E-state index contributed by atoms with van der Waals surface area (Å²) < 4.78 is 4.28. The van der Waals surface area contributed by atoms with Crippen molar-refractivity contribution in [2.75, 3.05) is 7.11 Å². The second-order valence-electron chi connectivity index (χ2n) is 3.81. The summed E-state index contributed by atoms with van der Waals surface area (Å²) in [7, 11) is 1.06. The first-order valence-electron chi connectivity index (χ1n) is 5.16. The molecule has 0 fully saturated rings. The maximum atomic E-state index is 11.1. The van der Waals surface area contributed by atoms with Gasteiger partial charge in [0.1, 0.15) is 6.10 Å². The molecule has 0 saturated carbocycles. The number of benzene rings is 1. The minimum absolute atomic E-state index is 0.0361. The van der Waals surface area contributed by atoms with E-state index in [-0.39, 0.29) is 11.1 Å². The second-order valence-corrected chi connectivity index (χ2v) is 3.81. The Morgan fingerprint density at radius 2 is 1.89 bits per heavy atom. The number of methoxy groups -OCH3 is 1. The van der Waals surface area contributed by atoms with Gasteiger partial charge in [-0.1, -0.05) is 17.7 Å². The first kappa shape index (κ1) is 14.1. The lowest BCUT2D eigenvalue weighted by atomic mass is 9.97. The Morgan fingerprint density at radius 3 is 2.39 bits per heavy atom. The minimum Gasteiger partial charge on any atom is -0.478 e. The fourth-order valence-corrected chi connectivity index (χ4v) is 1.53. The maximum Gasteiger partial charge on any atom is 0.337 e. The number of aliphatic hydroxyl groups is 2. The molecule has 0 amide bonds. The normalized spacial score (nSPS) is 13.8. The van der Waals surface area contributed by atoms with Crippen LogP contribution >= 0.6 is 0 Å². The molecule has 0 saturated heterocycles. The van der Waals surface area contributed by atoms with Crippen molar-refractivity contribution in [3.8, 4) is 0 Å². The van der Waals surface area contributed by atoms with Crippen LogP contribution in [0.1, 0.15) is 27.6 Å². The third kappa shape index (κ3) is 2.85. The van der Waals surface area contributed by atoms with Crippen molar-refractivity contribution < 1.29 is 29.6 Å². The van der Waals surface area contributed by atoms with Gasteiger partial charge >= 0.3 is 11.9 Å². The zero-order chi connectivity index (χ0) is 13.9. The van der Waals surface area contributed by atoms with Gasteiger partial charge in [0, 0.05) is 0 Å². The molecule has 1 aromatic rings. The molecular weight excluding hydrogens is 240 g/mol. The summed E-state index contributed by atoms with van der Waals surface area (Å²) in [5.74, 6) is -2.27. The average molecular weight is 254 g/mol. The van der Waals surface area contributed by atoms with Crippen molar-refractivity contribution >= 4 is 11.9 Å². The van der Waals surface area contributed by atoms with E-state index in [4.69, 9.17) is 5.11 Å². The van der Waals surface area contributed by atoms with E-state index in [9.17, 15) is 19.8 Å². The number of rotatable bonds is 4. The molecule has 0 aromatic heterocycles. The summed E-state index contributed by atoms with van der Waals surface area (Å²) >= 11 is 0. The van der Waals surface area contributed by atoms with Crippen molar-refractivity contribution in [2.24, 2.45) is 0 Å². The lowest BCUT2D eigenvalue weighted by Crippen LogP contribution is -2.30. The zero-order valence-electron chi connectivity index (χ0n) is 9.95. The Bertz CT molecular complexity index is 468. The van der Waals surface area contributed by atoms with Gasteiger partial charge < -0.3 is 20.1 Å². The van der Waals surface area contributed by atoms with Crippen LogP contribution < -0.4 is 0 Å². The Balaban J connectivity index is 3.16. The number of carbonyl (C=O) groups excluding carboxylic acids is 1. The number of aromatic carboxylic acids is 1. The largest absolute Gasteiger partial charge is 0.478 e. The highest BCUT2D eigenvalue weighted by atomic mass is 16.5. The summed E-state index contributed by atoms with van der Waals surface area (Å²) in [5, 5.41) is 28.3. The van der Waals surface area contributed by atoms with Gasteiger partial charge in [-0.05, 0) is 18.6 Å². The first-order chi connectivity index (χ1) is 8.38. The first-order valence-corrected chi connectivity index (χ1v) is 5.16. The average Bonchev–Trinajstić information content (AvgIpc) is 2.35. The maximum absolute atomic E-state index is 11.1. The molecule has 1 aromatic carbocycles. The van der Waals surface area contributed by atoms with Crippen LogP contribution in [-0.4, -0.2) is 40.5 Å². The number of hydrogen-bond acceptors (Lipinski definition) is 5. The lowest BCUT2D eigenvalue weighted by molar-refractivity contribution is -0.156. The molecule has 3 N–H and O–H groups in total. The number of ether oxygens (including phenoxy) is 1. The monoisotopic (exact) mass is 254 g/mol. The molecule has 0 aliphatic heterocycles. The Kier molecular flexibility index (Phi) is 4.41. The van der Waals surface area contributed by atoms with Crippen molar-refractivity contribution in [1.29, 1.82) is 0 Å². The van der Waals surface area contributed by atoms with Crippen LogP contribution in [0.2, 0.25) is 0 Å². The third-order valence-corrected chi connectivity index (χ3v) is 2.50. The number of aliphatic hydroxyl groups excluding tert-OH is 2. The highest BCUT2D eigenvalue weighted by Gasteiger charge is 2.29. The number of hydrogen-bond donors (Lipinski definition) is 3. The van der Waals surface area contributed by atoms with Gasteiger partial charge in [-0.3, -0.25) is 0 Å². The SMILES string of the molecule is COC(=O)C(O)C(O)c1ccc(C)cc1C(=O)O. The van der Waals surface area contributed by atoms with Crippen molar-refractivity contribution in [2.45, 2.75) is 19.1 Å². The van der Waals surface area contributed by atoms with Crippen molar-refractivity contribution in [3.63, 3.8) is 0 Å². The third-order valence-electron chi connectivity index (χ3n) is 2.50. The van der Waals surface area contributed by atoms with Crippen LogP contribution in [0.4, 0.5) is 0 Å². The quantitative estimate of drug-likeness (QED) is 0.666. The van der Waals surface area contributed by atoms with E-state index in [0.717, 1.165) is 7.11 Å². The molecule has 2 atom stereocenters. The number of carboxylic acid groups (broad SMARTS) is 1. The minimum atomic E-state index is -1.82. The summed E-state index contributed by atoms with van der Waals surface area (Å²) in [6, 6.07) is 4.29. The lowest BCUT2D eigenvalue weighted by Gasteiger charge is -2.18. The van der Waals surface area contributed by atoms with E-state index < -0.39 is 24.1 Å². The molecule has 0 radical (unpaired) electrons. The van der Waals surface area contributed by atoms with Crippen molar-refractivity contribution in [3.05, 3.63) is 34.9 Å². The van der Waals surface area contributed by atoms with Crippen LogP contribution in [0, 0.1) is 6.92 Å². The fraction of sp³-hybridized carbons (Fsp3) is 0.333. The predicted octanol–water partition coefficient (Wildman–Crippen LogP) is 0.261. The van der Waals surface area contributed by atoms with Gasteiger partial charge in [-0.25, -0.2) is 9.59 Å². The summed E-state index contributed by atoms with van der Waals surface area (Å²) in [5.41, 5.74) is 0.493. The van der Waals surface area contributed by atoms with E-state index in [1.54, 1.807) is 13.0 Å². The van der Waals surface area contributed by atoms with Crippen LogP contribution in [0.3, 0.4) is 0 Å². The molecule has 18 heavy (non-hydrogen) atoms. The summed E-state index contributed by atoms with van der Waals surface area (Å²) in [6.45, 7) is 1.69. The van der Waals surface area contributed by atoms with Crippen LogP contribution in [-0.2, 0) is 9.53 Å². The predicted molar refractivity (Wildman–Crippen MR) is 61.1 cm³/mol. The molecule has 6 nitrogen and oxygen atoms in total. The number of esters is 1. The van der Waals surface area contributed by atoms with Crippen LogP contribution in [0.15, 0.2) is 18.2 Å². The molecule has 0 bridgehead atoms. The molecule has 0 aliphatic rings. The summed E-state index contributed by atoms with van der Waals surface area (Å²) in [4.78, 5) is 22.1. The molecule has 6 heteroatoms. The van der Waals surface area contributed by atoms with Gasteiger partial charge in [-0.2, -0.15) is 0 Å². The Hall–Kier alpha value is -1.92. The molecule has 1 rings (SSSR count). The molecule has 0 spiro atoms.